The molecule has 2 aromatic rings. The van der Waals surface area contributed by atoms with Crippen molar-refractivity contribution < 1.29 is 9.59 Å². The molecule has 0 radical (unpaired) electrons. The summed E-state index contributed by atoms with van der Waals surface area (Å²) in [5, 5.41) is 5.59. The molecule has 2 N–H and O–H groups in total. The summed E-state index contributed by atoms with van der Waals surface area (Å²) in [5.41, 5.74) is 1.69. The molecule has 0 spiro atoms. The van der Waals surface area contributed by atoms with Gasteiger partial charge in [-0.1, -0.05) is 41.9 Å². The van der Waals surface area contributed by atoms with E-state index in [4.69, 9.17) is 11.6 Å². The lowest BCUT2D eigenvalue weighted by Crippen LogP contribution is -2.47. The summed E-state index contributed by atoms with van der Waals surface area (Å²) < 4.78 is 0. The lowest BCUT2D eigenvalue weighted by molar-refractivity contribution is -0.136. The Bertz CT molecular complexity index is 792. The van der Waals surface area contributed by atoms with Crippen LogP contribution in [0.5, 0.6) is 0 Å². The van der Waals surface area contributed by atoms with Gasteiger partial charge >= 0.3 is 11.8 Å². The summed E-state index contributed by atoms with van der Waals surface area (Å²) in [6.45, 7) is 5.35. The summed E-state index contributed by atoms with van der Waals surface area (Å²) >= 11 is 5.98. The minimum absolute atomic E-state index is 0.401. The highest BCUT2D eigenvalue weighted by Gasteiger charge is 2.17. The Morgan fingerprint density at radius 1 is 0.893 bits per heavy atom. The lowest BCUT2D eigenvalue weighted by Gasteiger charge is -2.36. The first kappa shape index (κ1) is 20.2. The molecular weight excluding hydrogens is 376 g/mol. The van der Waals surface area contributed by atoms with E-state index in [1.54, 1.807) is 24.3 Å². The first-order valence-corrected chi connectivity index (χ1v) is 9.87. The molecule has 0 saturated carbocycles. The van der Waals surface area contributed by atoms with Gasteiger partial charge in [-0.25, -0.2) is 0 Å². The van der Waals surface area contributed by atoms with E-state index in [1.165, 1.54) is 5.69 Å². The van der Waals surface area contributed by atoms with Crippen molar-refractivity contribution in [1.29, 1.82) is 0 Å². The molecule has 0 aromatic heterocycles. The molecule has 0 aliphatic carbocycles. The van der Waals surface area contributed by atoms with Gasteiger partial charge in [0.15, 0.2) is 0 Å². The highest BCUT2D eigenvalue weighted by Crippen LogP contribution is 2.20. The van der Waals surface area contributed by atoms with Crippen molar-refractivity contribution >= 4 is 34.8 Å². The van der Waals surface area contributed by atoms with Crippen LogP contribution >= 0.6 is 11.6 Å². The van der Waals surface area contributed by atoms with Gasteiger partial charge in [-0.2, -0.15) is 0 Å². The number of carbonyl (C=O) groups excluding carboxylic acids is 2. The number of carbonyl (C=O) groups is 2. The predicted octanol–water partition coefficient (Wildman–Crippen LogP) is 2.61. The van der Waals surface area contributed by atoms with Crippen LogP contribution in [0.3, 0.4) is 0 Å². The van der Waals surface area contributed by atoms with Crippen LogP contribution < -0.4 is 15.5 Å². The number of hydrogen-bond donors (Lipinski definition) is 2. The average Bonchev–Trinajstić information content (AvgIpc) is 2.73. The normalized spacial score (nSPS) is 14.5. The highest BCUT2D eigenvalue weighted by molar-refractivity contribution is 6.41. The van der Waals surface area contributed by atoms with Gasteiger partial charge in [-0.05, 0) is 37.2 Å². The lowest BCUT2D eigenvalue weighted by atomic mass is 10.2. The number of halogens is 1. The molecule has 1 aliphatic heterocycles. The highest BCUT2D eigenvalue weighted by atomic mass is 35.5. The van der Waals surface area contributed by atoms with Gasteiger partial charge in [0, 0.05) is 38.4 Å². The number of nitrogens with zero attached hydrogens (tertiary/aromatic N) is 2. The molecule has 7 heteroatoms. The van der Waals surface area contributed by atoms with Gasteiger partial charge in [0.05, 0.1) is 10.7 Å². The SMILES string of the molecule is O=C(NCCCN1CCN(c2ccccc2)CC1)C(=O)Nc1ccccc1Cl. The maximum absolute atomic E-state index is 11.9. The van der Waals surface area contributed by atoms with Crippen LogP contribution in [0.2, 0.25) is 5.02 Å². The van der Waals surface area contributed by atoms with Crippen LogP contribution in [0.4, 0.5) is 11.4 Å². The molecule has 148 valence electrons. The molecule has 1 fully saturated rings. The van der Waals surface area contributed by atoms with Gasteiger partial charge in [0.25, 0.3) is 0 Å². The van der Waals surface area contributed by atoms with Crippen LogP contribution in [0.15, 0.2) is 54.6 Å². The molecule has 0 unspecified atom stereocenters. The monoisotopic (exact) mass is 400 g/mol. The molecule has 28 heavy (non-hydrogen) atoms. The molecule has 3 rings (SSSR count). The second kappa shape index (κ2) is 10.1. The molecule has 6 nitrogen and oxygen atoms in total. The van der Waals surface area contributed by atoms with Crippen LogP contribution in [0, 0.1) is 0 Å². The Balaban J connectivity index is 1.32. The molecular formula is C21H25ClN4O2. The van der Waals surface area contributed by atoms with E-state index in [0.717, 1.165) is 39.1 Å². The third-order valence-electron chi connectivity index (χ3n) is 4.76. The van der Waals surface area contributed by atoms with Crippen molar-refractivity contribution in [3.8, 4) is 0 Å². The summed E-state index contributed by atoms with van der Waals surface area (Å²) in [7, 11) is 0. The number of para-hydroxylation sites is 2. The first-order chi connectivity index (χ1) is 13.6. The van der Waals surface area contributed by atoms with Crippen LogP contribution in [-0.4, -0.2) is 56.0 Å². The summed E-state index contributed by atoms with van der Waals surface area (Å²) in [6.07, 6.45) is 0.802. The van der Waals surface area contributed by atoms with E-state index in [1.807, 2.05) is 6.07 Å². The third-order valence-corrected chi connectivity index (χ3v) is 5.09. The van der Waals surface area contributed by atoms with E-state index in [2.05, 4.69) is 44.7 Å². The zero-order valence-electron chi connectivity index (χ0n) is 15.7. The van der Waals surface area contributed by atoms with Crippen molar-refractivity contribution in [2.24, 2.45) is 0 Å². The fraction of sp³-hybridized carbons (Fsp3) is 0.333. The average molecular weight is 401 g/mol. The summed E-state index contributed by atoms with van der Waals surface area (Å²) in [4.78, 5) is 28.6. The quantitative estimate of drug-likeness (QED) is 0.578. The topological polar surface area (TPSA) is 64.7 Å². The van der Waals surface area contributed by atoms with Crippen molar-refractivity contribution in [1.82, 2.24) is 10.2 Å². The first-order valence-electron chi connectivity index (χ1n) is 9.49. The number of anilines is 2. The Morgan fingerprint density at radius 3 is 2.29 bits per heavy atom. The van der Waals surface area contributed by atoms with Gasteiger partial charge in [-0.3, -0.25) is 14.5 Å². The van der Waals surface area contributed by atoms with E-state index >= 15 is 0 Å². The molecule has 1 aliphatic rings. The number of piperazine rings is 1. The smallest absolute Gasteiger partial charge is 0.313 e. The van der Waals surface area contributed by atoms with Crippen molar-refractivity contribution in [3.05, 3.63) is 59.6 Å². The van der Waals surface area contributed by atoms with Crippen LogP contribution in [-0.2, 0) is 9.59 Å². The van der Waals surface area contributed by atoms with E-state index < -0.39 is 11.8 Å². The zero-order valence-corrected chi connectivity index (χ0v) is 16.5. The Labute approximate surface area is 170 Å². The Kier molecular flexibility index (Phi) is 7.28. The van der Waals surface area contributed by atoms with Gasteiger partial charge in [0.1, 0.15) is 0 Å². The standard InChI is InChI=1S/C21H25ClN4O2/c22-18-9-4-5-10-19(18)24-21(28)20(27)23-11-6-12-25-13-15-26(16-14-25)17-7-2-1-3-8-17/h1-5,7-10H,6,11-16H2,(H,23,27)(H,24,28). The number of benzene rings is 2. The summed E-state index contributed by atoms with van der Waals surface area (Å²) in [6, 6.07) is 17.3. The van der Waals surface area contributed by atoms with Crippen LogP contribution in [0.1, 0.15) is 6.42 Å². The molecule has 0 atom stereocenters. The largest absolute Gasteiger partial charge is 0.369 e. The maximum atomic E-state index is 11.9. The molecule has 1 heterocycles. The Morgan fingerprint density at radius 2 is 1.57 bits per heavy atom. The van der Waals surface area contributed by atoms with Gasteiger partial charge < -0.3 is 15.5 Å². The molecule has 2 amide bonds. The van der Waals surface area contributed by atoms with Gasteiger partial charge in [-0.15, -0.1) is 0 Å². The second-order valence-electron chi connectivity index (χ2n) is 6.71. The predicted molar refractivity (Wildman–Crippen MR) is 113 cm³/mol. The number of nitrogens with one attached hydrogen (secondary N) is 2. The van der Waals surface area contributed by atoms with Crippen LogP contribution in [0.25, 0.3) is 0 Å². The second-order valence-corrected chi connectivity index (χ2v) is 7.11. The fourth-order valence-electron chi connectivity index (χ4n) is 3.20. The number of rotatable bonds is 6. The third kappa shape index (κ3) is 5.71. The van der Waals surface area contributed by atoms with E-state index in [9.17, 15) is 9.59 Å². The minimum atomic E-state index is -0.704. The molecule has 0 bridgehead atoms. The van der Waals surface area contributed by atoms with E-state index in [0.29, 0.717) is 17.3 Å². The van der Waals surface area contributed by atoms with Crippen molar-refractivity contribution in [2.75, 3.05) is 49.5 Å². The van der Waals surface area contributed by atoms with Crippen molar-refractivity contribution in [2.45, 2.75) is 6.42 Å². The zero-order chi connectivity index (χ0) is 19.8. The Hall–Kier alpha value is -2.57. The van der Waals surface area contributed by atoms with Crippen molar-refractivity contribution in [3.63, 3.8) is 0 Å². The number of hydrogen-bond acceptors (Lipinski definition) is 4. The van der Waals surface area contributed by atoms with E-state index in [-0.39, 0.29) is 0 Å². The number of amides is 2. The molecule has 2 aromatic carbocycles. The molecule has 1 saturated heterocycles. The summed E-state index contributed by atoms with van der Waals surface area (Å²) in [5.74, 6) is -1.35. The van der Waals surface area contributed by atoms with Gasteiger partial charge in [0.2, 0.25) is 0 Å². The minimum Gasteiger partial charge on any atom is -0.369 e. The maximum Gasteiger partial charge on any atom is 0.313 e. The fourth-order valence-corrected chi connectivity index (χ4v) is 3.38.